The lowest BCUT2D eigenvalue weighted by Crippen LogP contribution is -1.95. The molecule has 0 aliphatic carbocycles. The second-order valence-electron chi connectivity index (χ2n) is 4.01. The van der Waals surface area contributed by atoms with Crippen molar-refractivity contribution in [1.82, 2.24) is 0 Å². The Morgan fingerprint density at radius 3 is 1.88 bits per heavy atom. The van der Waals surface area contributed by atoms with E-state index in [-0.39, 0.29) is 0 Å². The molecule has 0 saturated heterocycles. The summed E-state index contributed by atoms with van der Waals surface area (Å²) in [5, 5.41) is 9.50. The molecular weight excluding hydrogens is 230 g/mol. The molecule has 1 unspecified atom stereocenters. The van der Waals surface area contributed by atoms with Crippen molar-refractivity contribution in [2.75, 3.05) is 0 Å². The third-order valence-corrected chi connectivity index (χ3v) is 3.16. The van der Waals surface area contributed by atoms with Gasteiger partial charge >= 0.3 is 0 Å². The molecular formula is C15H12ClN. The molecule has 0 aliphatic rings. The van der Waals surface area contributed by atoms with Gasteiger partial charge in [0.15, 0.2) is 0 Å². The van der Waals surface area contributed by atoms with E-state index in [1.54, 1.807) is 0 Å². The van der Waals surface area contributed by atoms with Crippen LogP contribution in [-0.2, 0) is 0 Å². The summed E-state index contributed by atoms with van der Waals surface area (Å²) in [4.78, 5) is 0. The smallest absolute Gasteiger partial charge is 0.0991 e. The number of halogens is 1. The Balaban J connectivity index is 2.27. The van der Waals surface area contributed by atoms with Crippen LogP contribution in [0.15, 0.2) is 48.5 Å². The van der Waals surface area contributed by atoms with Crippen molar-refractivity contribution in [3.8, 4) is 6.07 Å². The Kier molecular flexibility index (Phi) is 3.46. The SMILES string of the molecule is CC(c1ccc(Cl)cc1)c1ccc(C#N)cc1. The molecule has 0 amide bonds. The van der Waals surface area contributed by atoms with Crippen molar-refractivity contribution < 1.29 is 0 Å². The van der Waals surface area contributed by atoms with Crippen LogP contribution in [0.1, 0.15) is 29.5 Å². The van der Waals surface area contributed by atoms with E-state index in [0.29, 0.717) is 11.5 Å². The zero-order chi connectivity index (χ0) is 12.3. The van der Waals surface area contributed by atoms with Crippen molar-refractivity contribution in [3.05, 3.63) is 70.2 Å². The summed E-state index contributed by atoms with van der Waals surface area (Å²) in [5.41, 5.74) is 3.11. The third-order valence-electron chi connectivity index (χ3n) is 2.91. The fourth-order valence-electron chi connectivity index (χ4n) is 1.79. The van der Waals surface area contributed by atoms with E-state index in [1.165, 1.54) is 11.1 Å². The number of nitrogens with zero attached hydrogens (tertiary/aromatic N) is 1. The highest BCUT2D eigenvalue weighted by atomic mass is 35.5. The Morgan fingerprint density at radius 2 is 1.41 bits per heavy atom. The minimum absolute atomic E-state index is 0.306. The van der Waals surface area contributed by atoms with Gasteiger partial charge in [-0.2, -0.15) is 5.26 Å². The number of nitriles is 1. The molecule has 0 bridgehead atoms. The monoisotopic (exact) mass is 241 g/mol. The van der Waals surface area contributed by atoms with Crippen molar-refractivity contribution in [2.45, 2.75) is 12.8 Å². The zero-order valence-electron chi connectivity index (χ0n) is 9.52. The van der Waals surface area contributed by atoms with E-state index in [4.69, 9.17) is 16.9 Å². The topological polar surface area (TPSA) is 23.8 Å². The fraction of sp³-hybridized carbons (Fsp3) is 0.133. The summed E-state index contributed by atoms with van der Waals surface area (Å²) in [5.74, 6) is 0.306. The first-order valence-corrected chi connectivity index (χ1v) is 5.84. The van der Waals surface area contributed by atoms with Crippen molar-refractivity contribution >= 4 is 11.6 Å². The molecule has 0 radical (unpaired) electrons. The van der Waals surface area contributed by atoms with Gasteiger partial charge in [-0.05, 0) is 35.4 Å². The molecule has 0 aromatic heterocycles. The standard InChI is InChI=1S/C15H12ClN/c1-11(14-6-8-15(16)9-7-14)13-4-2-12(10-17)3-5-13/h2-9,11H,1H3. The second-order valence-corrected chi connectivity index (χ2v) is 4.44. The van der Waals surface area contributed by atoms with Crippen LogP contribution in [-0.4, -0.2) is 0 Å². The zero-order valence-corrected chi connectivity index (χ0v) is 10.3. The number of hydrogen-bond donors (Lipinski definition) is 0. The molecule has 0 fully saturated rings. The van der Waals surface area contributed by atoms with Crippen LogP contribution in [0.25, 0.3) is 0 Å². The first kappa shape index (κ1) is 11.7. The first-order chi connectivity index (χ1) is 8.20. The highest BCUT2D eigenvalue weighted by Crippen LogP contribution is 2.25. The number of rotatable bonds is 2. The first-order valence-electron chi connectivity index (χ1n) is 5.46. The largest absolute Gasteiger partial charge is 0.192 e. The third kappa shape index (κ3) is 2.67. The summed E-state index contributed by atoms with van der Waals surface area (Å²) < 4.78 is 0. The van der Waals surface area contributed by atoms with Crippen LogP contribution >= 0.6 is 11.6 Å². The van der Waals surface area contributed by atoms with E-state index >= 15 is 0 Å². The highest BCUT2D eigenvalue weighted by Gasteiger charge is 2.07. The molecule has 1 nitrogen and oxygen atoms in total. The summed E-state index contributed by atoms with van der Waals surface area (Å²) in [6.07, 6.45) is 0. The molecule has 0 saturated carbocycles. The molecule has 2 rings (SSSR count). The highest BCUT2D eigenvalue weighted by molar-refractivity contribution is 6.30. The summed E-state index contributed by atoms with van der Waals surface area (Å²) in [6, 6.07) is 17.7. The Bertz CT molecular complexity index is 535. The Hall–Kier alpha value is -1.78. The van der Waals surface area contributed by atoms with Gasteiger partial charge in [0.1, 0.15) is 0 Å². The van der Waals surface area contributed by atoms with Gasteiger partial charge in [0.05, 0.1) is 11.6 Å². The lowest BCUT2D eigenvalue weighted by molar-refractivity contribution is 0.922. The maximum absolute atomic E-state index is 8.75. The van der Waals surface area contributed by atoms with Gasteiger partial charge < -0.3 is 0 Å². The lowest BCUT2D eigenvalue weighted by Gasteiger charge is -2.12. The van der Waals surface area contributed by atoms with Gasteiger partial charge in [-0.25, -0.2) is 0 Å². The maximum Gasteiger partial charge on any atom is 0.0991 e. The van der Waals surface area contributed by atoms with E-state index < -0.39 is 0 Å². The Morgan fingerprint density at radius 1 is 0.941 bits per heavy atom. The normalized spacial score (nSPS) is 11.8. The molecule has 17 heavy (non-hydrogen) atoms. The molecule has 1 atom stereocenters. The fourth-order valence-corrected chi connectivity index (χ4v) is 1.92. The van der Waals surface area contributed by atoms with E-state index in [9.17, 15) is 0 Å². The predicted molar refractivity (Wildman–Crippen MR) is 70.1 cm³/mol. The summed E-state index contributed by atoms with van der Waals surface area (Å²) in [6.45, 7) is 2.14. The summed E-state index contributed by atoms with van der Waals surface area (Å²) >= 11 is 5.87. The van der Waals surface area contributed by atoms with Crippen LogP contribution in [0.5, 0.6) is 0 Å². The van der Waals surface area contributed by atoms with Crippen LogP contribution in [0.2, 0.25) is 5.02 Å². The molecule has 0 heterocycles. The van der Waals surface area contributed by atoms with Gasteiger partial charge in [-0.3, -0.25) is 0 Å². The number of hydrogen-bond acceptors (Lipinski definition) is 1. The van der Waals surface area contributed by atoms with Gasteiger partial charge in [-0.15, -0.1) is 0 Å². The second kappa shape index (κ2) is 5.03. The molecule has 0 aliphatic heterocycles. The van der Waals surface area contributed by atoms with Crippen molar-refractivity contribution in [2.24, 2.45) is 0 Å². The van der Waals surface area contributed by atoms with Crippen LogP contribution in [0, 0.1) is 11.3 Å². The van der Waals surface area contributed by atoms with Gasteiger partial charge in [0.25, 0.3) is 0 Å². The Labute approximate surface area is 106 Å². The molecule has 2 aromatic rings. The van der Waals surface area contributed by atoms with Crippen LogP contribution < -0.4 is 0 Å². The van der Waals surface area contributed by atoms with E-state index in [1.807, 2.05) is 48.5 Å². The van der Waals surface area contributed by atoms with Gasteiger partial charge in [-0.1, -0.05) is 42.8 Å². The van der Waals surface area contributed by atoms with Crippen molar-refractivity contribution in [1.29, 1.82) is 5.26 Å². The maximum atomic E-state index is 8.75. The van der Waals surface area contributed by atoms with Crippen LogP contribution in [0.3, 0.4) is 0 Å². The predicted octanol–water partition coefficient (Wildman–Crippen LogP) is 4.36. The molecule has 2 aromatic carbocycles. The van der Waals surface area contributed by atoms with Crippen molar-refractivity contribution in [3.63, 3.8) is 0 Å². The molecule has 2 heteroatoms. The van der Waals surface area contributed by atoms with Gasteiger partial charge in [0, 0.05) is 10.9 Å². The lowest BCUT2D eigenvalue weighted by atomic mass is 9.93. The number of benzene rings is 2. The minimum Gasteiger partial charge on any atom is -0.192 e. The quantitative estimate of drug-likeness (QED) is 0.766. The van der Waals surface area contributed by atoms with Crippen LogP contribution in [0.4, 0.5) is 0 Å². The molecule has 84 valence electrons. The van der Waals surface area contributed by atoms with E-state index in [2.05, 4.69) is 13.0 Å². The minimum atomic E-state index is 0.306. The average Bonchev–Trinajstić information content (AvgIpc) is 2.39. The molecule has 0 spiro atoms. The van der Waals surface area contributed by atoms with Gasteiger partial charge in [0.2, 0.25) is 0 Å². The summed E-state index contributed by atoms with van der Waals surface area (Å²) in [7, 11) is 0. The molecule has 0 N–H and O–H groups in total. The average molecular weight is 242 g/mol. The van der Waals surface area contributed by atoms with E-state index in [0.717, 1.165) is 5.02 Å².